The first-order chi connectivity index (χ1) is 13.2. The van der Waals surface area contributed by atoms with Crippen molar-refractivity contribution in [1.29, 1.82) is 0 Å². The molecule has 0 saturated heterocycles. The predicted octanol–water partition coefficient (Wildman–Crippen LogP) is 0.814. The molecule has 29 heavy (non-hydrogen) atoms. The van der Waals surface area contributed by atoms with Crippen LogP contribution in [0.15, 0.2) is 0 Å². The Balaban J connectivity index is 0. The molecule has 0 spiro atoms. The number of hydrogen-bond acceptors (Lipinski definition) is 7. The van der Waals surface area contributed by atoms with Gasteiger partial charge in [-0.05, 0) is 24.7 Å². The first-order valence-electron chi connectivity index (χ1n) is 10.5. The Labute approximate surface area is 235 Å². The third-order valence-corrected chi connectivity index (χ3v) is 6.05. The molecular formula is C20H37CsO7S. The summed E-state index contributed by atoms with van der Waals surface area (Å²) in [6.07, 6.45) is 6.58. The molecule has 0 bridgehead atoms. The molecule has 0 rings (SSSR count). The van der Waals surface area contributed by atoms with Crippen molar-refractivity contribution < 1.29 is 101 Å². The van der Waals surface area contributed by atoms with Crippen LogP contribution in [0.3, 0.4) is 0 Å². The molecule has 0 aromatic carbocycles. The molecule has 0 aromatic rings. The zero-order valence-corrected chi connectivity index (χ0v) is 25.9. The van der Waals surface area contributed by atoms with Crippen LogP contribution in [0.25, 0.3) is 0 Å². The molecule has 3 atom stereocenters. The van der Waals surface area contributed by atoms with E-state index in [4.69, 9.17) is 9.47 Å². The normalized spacial score (nSPS) is 14.4. The first-order valence-corrected chi connectivity index (χ1v) is 11.9. The number of ether oxygens (including phenoxy) is 2. The second-order valence-electron chi connectivity index (χ2n) is 7.33. The van der Waals surface area contributed by atoms with Gasteiger partial charge in [-0.2, -0.15) is 0 Å². The van der Waals surface area contributed by atoms with Crippen LogP contribution in [-0.4, -0.2) is 43.4 Å². The van der Waals surface area contributed by atoms with Crippen molar-refractivity contribution in [3.05, 3.63) is 0 Å². The SMILES string of the molecule is CCCCC(CC)COC(=O)CC(C(=O)OCC(CC)CCCC)S(=O)(=O)[O-].[Cs+]. The van der Waals surface area contributed by atoms with Crippen LogP contribution in [0.4, 0.5) is 0 Å². The molecule has 0 amide bonds. The molecule has 9 heteroatoms. The average Bonchev–Trinajstić information content (AvgIpc) is 2.65. The molecule has 7 nitrogen and oxygen atoms in total. The molecule has 0 aliphatic heterocycles. The van der Waals surface area contributed by atoms with E-state index in [-0.39, 0.29) is 93.9 Å². The summed E-state index contributed by atoms with van der Waals surface area (Å²) in [5.41, 5.74) is 0. The Morgan fingerprint density at radius 3 is 1.69 bits per heavy atom. The predicted molar refractivity (Wildman–Crippen MR) is 107 cm³/mol. The summed E-state index contributed by atoms with van der Waals surface area (Å²) in [4.78, 5) is 24.1. The van der Waals surface area contributed by atoms with Crippen LogP contribution in [-0.2, 0) is 29.2 Å². The van der Waals surface area contributed by atoms with Gasteiger partial charge in [-0.1, -0.05) is 66.2 Å². The minimum atomic E-state index is -5.01. The van der Waals surface area contributed by atoms with Gasteiger partial charge in [-0.15, -0.1) is 0 Å². The van der Waals surface area contributed by atoms with Crippen LogP contribution >= 0.6 is 0 Å². The Bertz CT molecular complexity index is 551. The van der Waals surface area contributed by atoms with E-state index in [1.165, 1.54) is 0 Å². The van der Waals surface area contributed by atoms with Gasteiger partial charge in [-0.25, -0.2) is 8.42 Å². The third-order valence-electron chi connectivity index (χ3n) is 4.99. The zero-order chi connectivity index (χ0) is 21.6. The first kappa shape index (κ1) is 32.1. The number of hydrogen-bond donors (Lipinski definition) is 0. The van der Waals surface area contributed by atoms with Crippen LogP contribution in [0.1, 0.15) is 85.5 Å². The van der Waals surface area contributed by atoms with Gasteiger partial charge >= 0.3 is 80.8 Å². The van der Waals surface area contributed by atoms with Gasteiger partial charge in [0.2, 0.25) is 0 Å². The van der Waals surface area contributed by atoms with Gasteiger partial charge in [0.1, 0.15) is 10.1 Å². The van der Waals surface area contributed by atoms with Crippen molar-refractivity contribution in [2.24, 2.45) is 11.8 Å². The molecule has 166 valence electrons. The Kier molecular flexibility index (Phi) is 20.4. The van der Waals surface area contributed by atoms with Gasteiger partial charge in [-0.3, -0.25) is 9.59 Å². The Morgan fingerprint density at radius 2 is 1.31 bits per heavy atom. The van der Waals surface area contributed by atoms with Gasteiger partial charge in [0.25, 0.3) is 0 Å². The molecule has 0 aliphatic carbocycles. The maximum atomic E-state index is 12.1. The fourth-order valence-electron chi connectivity index (χ4n) is 2.81. The van der Waals surface area contributed by atoms with Crippen molar-refractivity contribution in [2.75, 3.05) is 13.2 Å². The fourth-order valence-corrected chi connectivity index (χ4v) is 3.46. The fraction of sp³-hybridized carbons (Fsp3) is 0.900. The number of unbranched alkanes of at least 4 members (excludes halogenated alkanes) is 2. The smallest absolute Gasteiger partial charge is 0.747 e. The molecule has 0 heterocycles. The zero-order valence-electron chi connectivity index (χ0n) is 18.8. The van der Waals surface area contributed by atoms with Crippen molar-refractivity contribution in [1.82, 2.24) is 0 Å². The van der Waals surface area contributed by atoms with Gasteiger partial charge in [0, 0.05) is 0 Å². The second kappa shape index (κ2) is 18.5. The summed E-state index contributed by atoms with van der Waals surface area (Å²) in [7, 11) is -5.01. The Hall–Kier alpha value is 0.902. The standard InChI is InChI=1S/C20H38O7S.Cs/c1-5-9-11-16(7-3)14-26-19(21)13-18(28(23,24)25)20(22)27-15-17(8-4)12-10-6-2;/h16-18H,5-15H2,1-4H3,(H,23,24,25);/q;+1/p-1. The average molecular weight is 554 g/mol. The van der Waals surface area contributed by atoms with Crippen LogP contribution in [0.5, 0.6) is 0 Å². The number of esters is 2. The molecule has 0 fully saturated rings. The van der Waals surface area contributed by atoms with E-state index in [2.05, 4.69) is 13.8 Å². The number of carbonyl (C=O) groups is 2. The van der Waals surface area contributed by atoms with E-state index in [0.717, 1.165) is 51.4 Å². The summed E-state index contributed by atoms with van der Waals surface area (Å²) >= 11 is 0. The molecule has 0 N–H and O–H groups in total. The summed E-state index contributed by atoms with van der Waals surface area (Å²) < 4.78 is 44.6. The quantitative estimate of drug-likeness (QED) is 0.205. The molecular weight excluding hydrogens is 517 g/mol. The van der Waals surface area contributed by atoms with Crippen molar-refractivity contribution in [2.45, 2.75) is 90.7 Å². The topological polar surface area (TPSA) is 110 Å². The van der Waals surface area contributed by atoms with Crippen LogP contribution < -0.4 is 68.9 Å². The largest absolute Gasteiger partial charge is 1.00 e. The summed E-state index contributed by atoms with van der Waals surface area (Å²) in [5.74, 6) is -1.74. The monoisotopic (exact) mass is 554 g/mol. The molecule has 0 aromatic heterocycles. The maximum absolute atomic E-state index is 12.1. The second-order valence-corrected chi connectivity index (χ2v) is 8.89. The van der Waals surface area contributed by atoms with E-state index in [0.29, 0.717) is 0 Å². The van der Waals surface area contributed by atoms with Crippen molar-refractivity contribution in [3.8, 4) is 0 Å². The molecule has 0 saturated carbocycles. The van der Waals surface area contributed by atoms with Crippen LogP contribution in [0.2, 0.25) is 0 Å². The number of carbonyl (C=O) groups excluding carboxylic acids is 2. The summed E-state index contributed by atoms with van der Waals surface area (Å²) in [6, 6.07) is 0. The Morgan fingerprint density at radius 1 is 0.862 bits per heavy atom. The molecule has 0 radical (unpaired) electrons. The summed E-state index contributed by atoms with van der Waals surface area (Å²) in [5, 5.41) is -2.06. The minimum absolute atomic E-state index is 0. The van der Waals surface area contributed by atoms with Gasteiger partial charge in [0.15, 0.2) is 5.25 Å². The van der Waals surface area contributed by atoms with E-state index >= 15 is 0 Å². The van der Waals surface area contributed by atoms with Crippen molar-refractivity contribution >= 4 is 22.1 Å². The maximum Gasteiger partial charge on any atom is 1.00 e. The van der Waals surface area contributed by atoms with E-state index in [1.807, 2.05) is 13.8 Å². The van der Waals surface area contributed by atoms with E-state index in [1.54, 1.807) is 0 Å². The van der Waals surface area contributed by atoms with Gasteiger partial charge in [0.05, 0.1) is 19.6 Å². The van der Waals surface area contributed by atoms with Crippen LogP contribution in [0, 0.1) is 11.8 Å². The minimum Gasteiger partial charge on any atom is -0.747 e. The number of rotatable bonds is 16. The van der Waals surface area contributed by atoms with E-state index < -0.39 is 33.7 Å². The van der Waals surface area contributed by atoms with Gasteiger partial charge < -0.3 is 14.0 Å². The van der Waals surface area contributed by atoms with E-state index in [9.17, 15) is 22.6 Å². The third kappa shape index (κ3) is 15.4. The molecule has 3 unspecified atom stereocenters. The van der Waals surface area contributed by atoms with Crippen molar-refractivity contribution in [3.63, 3.8) is 0 Å². The summed E-state index contributed by atoms with van der Waals surface area (Å²) in [6.45, 7) is 8.26. The molecule has 0 aliphatic rings.